The number of amides is 1. The number of nitrogen functional groups attached to an aromatic ring is 1. The Morgan fingerprint density at radius 3 is 2.18 bits per heavy atom. The van der Waals surface area contributed by atoms with Gasteiger partial charge in [-0.15, -0.1) is 10.2 Å². The summed E-state index contributed by atoms with van der Waals surface area (Å²) in [5.41, 5.74) is 5.27. The second-order valence-corrected chi connectivity index (χ2v) is 9.68. The van der Waals surface area contributed by atoms with E-state index >= 15 is 0 Å². The topological polar surface area (TPSA) is 95.1 Å². The Labute approximate surface area is 200 Å². The number of nitrogens with two attached hydrogens (primary N) is 1. The summed E-state index contributed by atoms with van der Waals surface area (Å²) in [5, 5.41) is 11.9. The van der Waals surface area contributed by atoms with Gasteiger partial charge in [-0.3, -0.25) is 4.79 Å². The molecular formula is C25H33N5O2S. The van der Waals surface area contributed by atoms with Crippen molar-refractivity contribution >= 4 is 23.4 Å². The normalized spacial score (nSPS) is 11.3. The standard InChI is InChI=1S/C25H33N5O2S/c1-15(2)19-11-8-12-20(16(3)4)23(19)27-22(31)14-33-25-29-28-21(30(25)26)13-32-24-17(5)9-7-10-18(24)6/h7-12,15-16H,13-14,26H2,1-6H3,(H,27,31). The molecule has 0 unspecified atom stereocenters. The largest absolute Gasteiger partial charge is 0.485 e. The number of anilines is 1. The number of ether oxygens (including phenoxy) is 1. The molecule has 3 rings (SSSR count). The van der Waals surface area contributed by atoms with Crippen LogP contribution < -0.4 is 15.9 Å². The van der Waals surface area contributed by atoms with Gasteiger partial charge in [-0.25, -0.2) is 4.68 Å². The zero-order chi connectivity index (χ0) is 24.1. The highest BCUT2D eigenvalue weighted by Crippen LogP contribution is 2.32. The molecule has 0 aliphatic carbocycles. The quantitative estimate of drug-likeness (QED) is 0.333. The van der Waals surface area contributed by atoms with E-state index in [1.54, 1.807) is 0 Å². The number of aryl methyl sites for hydroxylation is 2. The molecule has 1 aromatic heterocycles. The van der Waals surface area contributed by atoms with Crippen molar-refractivity contribution in [1.82, 2.24) is 14.9 Å². The highest BCUT2D eigenvalue weighted by molar-refractivity contribution is 7.99. The molecule has 2 aromatic carbocycles. The summed E-state index contributed by atoms with van der Waals surface area (Å²) in [6, 6.07) is 12.2. The molecule has 1 amide bonds. The van der Waals surface area contributed by atoms with Gasteiger partial charge in [-0.1, -0.05) is 75.9 Å². The number of carbonyl (C=O) groups excluding carboxylic acids is 1. The highest BCUT2D eigenvalue weighted by atomic mass is 32.2. The molecule has 7 nitrogen and oxygen atoms in total. The van der Waals surface area contributed by atoms with Crippen LogP contribution in [0.15, 0.2) is 41.6 Å². The average molecular weight is 468 g/mol. The van der Waals surface area contributed by atoms with Gasteiger partial charge in [0.2, 0.25) is 11.1 Å². The second-order valence-electron chi connectivity index (χ2n) is 8.74. The number of para-hydroxylation sites is 2. The molecular weight excluding hydrogens is 434 g/mol. The number of aromatic nitrogens is 3. The van der Waals surface area contributed by atoms with Gasteiger partial charge in [-0.2, -0.15) is 0 Å². The Bertz CT molecular complexity index is 1080. The van der Waals surface area contributed by atoms with E-state index in [1.807, 2.05) is 38.1 Å². The molecule has 0 bridgehead atoms. The van der Waals surface area contributed by atoms with Gasteiger partial charge in [0.05, 0.1) is 5.75 Å². The lowest BCUT2D eigenvalue weighted by atomic mass is 9.92. The van der Waals surface area contributed by atoms with Gasteiger partial charge in [0.1, 0.15) is 12.4 Å². The zero-order valence-corrected chi connectivity index (χ0v) is 21.0. The first-order valence-electron chi connectivity index (χ1n) is 11.1. The third kappa shape index (κ3) is 5.87. The Kier molecular flexibility index (Phi) is 8.02. The van der Waals surface area contributed by atoms with Gasteiger partial charge >= 0.3 is 0 Å². The molecule has 0 atom stereocenters. The van der Waals surface area contributed by atoms with Crippen molar-refractivity contribution in [3.8, 4) is 5.75 Å². The monoisotopic (exact) mass is 467 g/mol. The third-order valence-electron chi connectivity index (χ3n) is 5.46. The molecule has 0 spiro atoms. The third-order valence-corrected chi connectivity index (χ3v) is 6.40. The van der Waals surface area contributed by atoms with E-state index in [-0.39, 0.29) is 18.3 Å². The van der Waals surface area contributed by atoms with E-state index in [0.29, 0.717) is 22.8 Å². The molecule has 176 valence electrons. The van der Waals surface area contributed by atoms with Crippen LogP contribution in [0.5, 0.6) is 5.75 Å². The van der Waals surface area contributed by atoms with Gasteiger partial charge in [0, 0.05) is 5.69 Å². The summed E-state index contributed by atoms with van der Waals surface area (Å²) in [4.78, 5) is 12.8. The maximum Gasteiger partial charge on any atom is 0.234 e. The van der Waals surface area contributed by atoms with E-state index < -0.39 is 0 Å². The molecule has 0 aliphatic heterocycles. The smallest absolute Gasteiger partial charge is 0.234 e. The first-order chi connectivity index (χ1) is 15.7. The number of nitrogens with zero attached hydrogens (tertiary/aromatic N) is 3. The van der Waals surface area contributed by atoms with Gasteiger partial charge in [0.15, 0.2) is 5.82 Å². The van der Waals surface area contributed by atoms with Crippen molar-refractivity contribution in [3.05, 3.63) is 64.5 Å². The van der Waals surface area contributed by atoms with Crippen molar-refractivity contribution in [2.45, 2.75) is 65.1 Å². The van der Waals surface area contributed by atoms with Crippen LogP contribution in [0.4, 0.5) is 5.69 Å². The molecule has 0 radical (unpaired) electrons. The summed E-state index contributed by atoms with van der Waals surface area (Å²) in [6.07, 6.45) is 0. The number of hydrogen-bond donors (Lipinski definition) is 2. The van der Waals surface area contributed by atoms with E-state index in [4.69, 9.17) is 10.6 Å². The summed E-state index contributed by atoms with van der Waals surface area (Å²) in [7, 11) is 0. The lowest BCUT2D eigenvalue weighted by Gasteiger charge is -2.20. The van der Waals surface area contributed by atoms with Crippen LogP contribution >= 0.6 is 11.8 Å². The van der Waals surface area contributed by atoms with Gasteiger partial charge in [-0.05, 0) is 47.9 Å². The molecule has 8 heteroatoms. The van der Waals surface area contributed by atoms with Crippen LogP contribution in [0.3, 0.4) is 0 Å². The Balaban J connectivity index is 1.65. The summed E-state index contributed by atoms with van der Waals surface area (Å²) in [5.74, 6) is 8.16. The van der Waals surface area contributed by atoms with Crippen molar-refractivity contribution in [2.75, 3.05) is 16.9 Å². The molecule has 33 heavy (non-hydrogen) atoms. The van der Waals surface area contributed by atoms with Crippen LogP contribution in [0.2, 0.25) is 0 Å². The fraction of sp³-hybridized carbons (Fsp3) is 0.400. The van der Waals surface area contributed by atoms with Gasteiger partial charge < -0.3 is 15.9 Å². The number of benzene rings is 2. The Hall–Kier alpha value is -3.00. The minimum atomic E-state index is -0.105. The van der Waals surface area contributed by atoms with Gasteiger partial charge in [0.25, 0.3) is 0 Å². The fourth-order valence-electron chi connectivity index (χ4n) is 3.67. The average Bonchev–Trinajstić information content (AvgIpc) is 3.11. The Morgan fingerprint density at radius 2 is 1.61 bits per heavy atom. The first-order valence-corrected chi connectivity index (χ1v) is 12.1. The first kappa shape index (κ1) is 24.6. The summed E-state index contributed by atoms with van der Waals surface area (Å²) in [6.45, 7) is 12.7. The molecule has 1 heterocycles. The van der Waals surface area contributed by atoms with Crippen molar-refractivity contribution in [1.29, 1.82) is 0 Å². The predicted molar refractivity (Wildman–Crippen MR) is 134 cm³/mol. The van der Waals surface area contributed by atoms with Crippen LogP contribution in [0.1, 0.15) is 67.6 Å². The van der Waals surface area contributed by atoms with E-state index in [1.165, 1.54) is 16.4 Å². The Morgan fingerprint density at radius 1 is 1.03 bits per heavy atom. The van der Waals surface area contributed by atoms with Crippen molar-refractivity contribution < 1.29 is 9.53 Å². The molecule has 3 aromatic rings. The van der Waals surface area contributed by atoms with Crippen molar-refractivity contribution in [2.24, 2.45) is 0 Å². The minimum Gasteiger partial charge on any atom is -0.485 e. The SMILES string of the molecule is Cc1cccc(C)c1OCc1nnc(SCC(=O)Nc2c(C(C)C)cccc2C(C)C)n1N. The zero-order valence-electron chi connectivity index (χ0n) is 20.2. The predicted octanol–water partition coefficient (Wildman–Crippen LogP) is 5.17. The molecule has 0 saturated carbocycles. The maximum absolute atomic E-state index is 12.8. The van der Waals surface area contributed by atoms with Crippen LogP contribution in [0, 0.1) is 13.8 Å². The van der Waals surface area contributed by atoms with E-state index in [2.05, 4.69) is 55.3 Å². The maximum atomic E-state index is 12.8. The molecule has 0 fully saturated rings. The van der Waals surface area contributed by atoms with Crippen LogP contribution in [-0.2, 0) is 11.4 Å². The van der Waals surface area contributed by atoms with E-state index in [9.17, 15) is 4.79 Å². The minimum absolute atomic E-state index is 0.105. The summed E-state index contributed by atoms with van der Waals surface area (Å²) >= 11 is 1.25. The number of carbonyl (C=O) groups is 1. The molecule has 3 N–H and O–H groups in total. The molecule has 0 aliphatic rings. The highest BCUT2D eigenvalue weighted by Gasteiger charge is 2.18. The summed E-state index contributed by atoms with van der Waals surface area (Å²) < 4.78 is 7.31. The number of rotatable bonds is 9. The number of hydrogen-bond acceptors (Lipinski definition) is 6. The van der Waals surface area contributed by atoms with Crippen LogP contribution in [-0.4, -0.2) is 26.5 Å². The fourth-order valence-corrected chi connectivity index (χ4v) is 4.34. The van der Waals surface area contributed by atoms with E-state index in [0.717, 1.165) is 33.7 Å². The second kappa shape index (κ2) is 10.7. The lowest BCUT2D eigenvalue weighted by Crippen LogP contribution is -2.19. The lowest BCUT2D eigenvalue weighted by molar-refractivity contribution is -0.113. The number of thioether (sulfide) groups is 1. The number of nitrogens with one attached hydrogen (secondary N) is 1. The van der Waals surface area contributed by atoms with Crippen molar-refractivity contribution in [3.63, 3.8) is 0 Å². The van der Waals surface area contributed by atoms with Crippen LogP contribution in [0.25, 0.3) is 0 Å². The molecule has 0 saturated heterocycles.